The highest BCUT2D eigenvalue weighted by Gasteiger charge is 2.14. The number of methoxy groups -OCH3 is 1. The molecule has 8 nitrogen and oxygen atoms in total. The molecule has 1 aromatic carbocycles. The quantitative estimate of drug-likeness (QED) is 0.305. The summed E-state index contributed by atoms with van der Waals surface area (Å²) >= 11 is 4.53. The van der Waals surface area contributed by atoms with Gasteiger partial charge < -0.3 is 10.1 Å². The third-order valence-corrected chi connectivity index (χ3v) is 5.51. The number of rotatable bonds is 10. The summed E-state index contributed by atoms with van der Waals surface area (Å²) in [5.41, 5.74) is 0.442. The van der Waals surface area contributed by atoms with Gasteiger partial charge in [-0.05, 0) is 24.6 Å². The highest BCUT2D eigenvalue weighted by atomic mass is 79.9. The zero-order chi connectivity index (χ0) is 21.2. The maximum atomic E-state index is 13.0. The first-order valence-corrected chi connectivity index (χ1v) is 11.1. The molecule has 2 aromatic rings. The van der Waals surface area contributed by atoms with Crippen LogP contribution in [0.5, 0.6) is 0 Å². The number of thioether (sulfide) groups is 1. The van der Waals surface area contributed by atoms with Crippen LogP contribution in [0.15, 0.2) is 32.6 Å². The lowest BCUT2D eigenvalue weighted by molar-refractivity contribution is -0.117. The number of hydrogen-bond acceptors (Lipinski definition) is 6. The number of halogens is 1. The zero-order valence-corrected chi connectivity index (χ0v) is 18.9. The number of nitrogens with one attached hydrogen (secondary N) is 2. The van der Waals surface area contributed by atoms with E-state index in [4.69, 9.17) is 4.74 Å². The van der Waals surface area contributed by atoms with Crippen molar-refractivity contribution in [3.8, 4) is 0 Å². The van der Waals surface area contributed by atoms with Crippen LogP contribution < -0.4 is 16.2 Å². The van der Waals surface area contributed by atoms with Crippen LogP contribution >= 0.6 is 27.7 Å². The van der Waals surface area contributed by atoms with Gasteiger partial charge >= 0.3 is 6.03 Å². The van der Waals surface area contributed by atoms with Gasteiger partial charge in [0, 0.05) is 24.7 Å². The molecular weight excluding hydrogens is 460 g/mol. The Morgan fingerprint density at radius 3 is 2.83 bits per heavy atom. The molecule has 2 N–H and O–H groups in total. The van der Waals surface area contributed by atoms with Gasteiger partial charge in [-0.15, -0.1) is 0 Å². The first-order valence-electron chi connectivity index (χ1n) is 9.35. The monoisotopic (exact) mass is 484 g/mol. The second kappa shape index (κ2) is 11.9. The topological polar surface area (TPSA) is 102 Å². The second-order valence-electron chi connectivity index (χ2n) is 6.31. The van der Waals surface area contributed by atoms with Crippen molar-refractivity contribution in [1.82, 2.24) is 20.2 Å². The number of carbonyl (C=O) groups is 2. The highest BCUT2D eigenvalue weighted by molar-refractivity contribution is 9.10. The largest absolute Gasteiger partial charge is 0.383 e. The molecule has 3 amide bonds. The van der Waals surface area contributed by atoms with Crippen LogP contribution in [0.2, 0.25) is 0 Å². The SMILES string of the molecule is CCCCCn1c(SCC(=O)NC(=O)NCCOC)nc2ccc(Br)cc2c1=O. The average molecular weight is 485 g/mol. The van der Waals surface area contributed by atoms with Crippen LogP contribution in [-0.4, -0.2) is 47.5 Å². The highest BCUT2D eigenvalue weighted by Crippen LogP contribution is 2.21. The van der Waals surface area contributed by atoms with E-state index in [-0.39, 0.29) is 11.3 Å². The van der Waals surface area contributed by atoms with Crippen LogP contribution in [0.3, 0.4) is 0 Å². The molecule has 0 aliphatic rings. The fourth-order valence-corrected chi connectivity index (χ4v) is 3.79. The first-order chi connectivity index (χ1) is 14.0. The predicted molar refractivity (Wildman–Crippen MR) is 117 cm³/mol. The summed E-state index contributed by atoms with van der Waals surface area (Å²) in [6.07, 6.45) is 2.87. The van der Waals surface area contributed by atoms with Gasteiger partial charge in [0.25, 0.3) is 5.56 Å². The Morgan fingerprint density at radius 1 is 1.31 bits per heavy atom. The van der Waals surface area contributed by atoms with Crippen molar-refractivity contribution < 1.29 is 14.3 Å². The molecule has 0 aliphatic heterocycles. The Labute approximate surface area is 181 Å². The summed E-state index contributed by atoms with van der Waals surface area (Å²) in [6.45, 7) is 3.29. The van der Waals surface area contributed by atoms with E-state index >= 15 is 0 Å². The molecule has 10 heteroatoms. The lowest BCUT2D eigenvalue weighted by atomic mass is 10.2. The van der Waals surface area contributed by atoms with Crippen molar-refractivity contribution >= 4 is 50.5 Å². The fourth-order valence-electron chi connectivity index (χ4n) is 2.60. The number of unbranched alkanes of at least 4 members (excludes halogenated alkanes) is 2. The molecular formula is C19H25BrN4O4S. The van der Waals surface area contributed by atoms with Crippen molar-refractivity contribution in [3.05, 3.63) is 33.0 Å². The number of hydrogen-bond donors (Lipinski definition) is 2. The molecule has 0 saturated carbocycles. The molecule has 0 spiro atoms. The number of amides is 3. The molecule has 0 atom stereocenters. The van der Waals surface area contributed by atoms with E-state index in [0.29, 0.717) is 35.8 Å². The molecule has 0 saturated heterocycles. The number of nitrogens with zero attached hydrogens (tertiary/aromatic N) is 2. The normalized spacial score (nSPS) is 10.9. The molecule has 158 valence electrons. The number of benzene rings is 1. The van der Waals surface area contributed by atoms with E-state index in [1.807, 2.05) is 6.07 Å². The van der Waals surface area contributed by atoms with Crippen LogP contribution in [0, 0.1) is 0 Å². The lowest BCUT2D eigenvalue weighted by Gasteiger charge is -2.13. The zero-order valence-electron chi connectivity index (χ0n) is 16.5. The predicted octanol–water partition coefficient (Wildman–Crippen LogP) is 2.91. The molecule has 29 heavy (non-hydrogen) atoms. The van der Waals surface area contributed by atoms with Crippen molar-refractivity contribution in [1.29, 1.82) is 0 Å². The van der Waals surface area contributed by atoms with Crippen molar-refractivity contribution in [2.24, 2.45) is 0 Å². The third-order valence-electron chi connectivity index (χ3n) is 4.04. The fraction of sp³-hybridized carbons (Fsp3) is 0.474. The van der Waals surface area contributed by atoms with E-state index < -0.39 is 11.9 Å². The average Bonchev–Trinajstić information content (AvgIpc) is 2.69. The number of imide groups is 1. The Balaban J connectivity index is 2.14. The molecule has 0 bridgehead atoms. The number of fused-ring (bicyclic) bond motifs is 1. The van der Waals surface area contributed by atoms with Crippen molar-refractivity contribution in [2.75, 3.05) is 26.0 Å². The summed E-state index contributed by atoms with van der Waals surface area (Å²) in [5, 5.41) is 5.77. The van der Waals surface area contributed by atoms with Crippen molar-refractivity contribution in [3.63, 3.8) is 0 Å². The number of urea groups is 1. The summed E-state index contributed by atoms with van der Waals surface area (Å²) in [6, 6.07) is 4.77. The van der Waals surface area contributed by atoms with E-state index in [2.05, 4.69) is 38.5 Å². The summed E-state index contributed by atoms with van der Waals surface area (Å²) in [4.78, 5) is 41.3. The maximum Gasteiger partial charge on any atom is 0.321 e. The van der Waals surface area contributed by atoms with Gasteiger partial charge in [-0.1, -0.05) is 47.5 Å². The number of aromatic nitrogens is 2. The standard InChI is InChI=1S/C19H25BrN4O4S/c1-3-4-5-9-24-17(26)14-11-13(20)6-7-15(14)22-19(24)29-12-16(25)23-18(27)21-8-10-28-2/h6-7,11H,3-5,8-10,12H2,1-2H3,(H2,21,23,25,27). The third kappa shape index (κ3) is 7.13. The van der Waals surface area contributed by atoms with Crippen LogP contribution in [-0.2, 0) is 16.1 Å². The Kier molecular flexibility index (Phi) is 9.62. The van der Waals surface area contributed by atoms with Crippen molar-refractivity contribution in [2.45, 2.75) is 37.9 Å². The summed E-state index contributed by atoms with van der Waals surface area (Å²) in [5.74, 6) is -0.491. The lowest BCUT2D eigenvalue weighted by Crippen LogP contribution is -2.41. The molecule has 0 aliphatic carbocycles. The van der Waals surface area contributed by atoms with Crippen LogP contribution in [0.25, 0.3) is 10.9 Å². The van der Waals surface area contributed by atoms with E-state index in [1.165, 1.54) is 7.11 Å². The van der Waals surface area contributed by atoms with Gasteiger partial charge in [0.05, 0.1) is 23.3 Å². The molecule has 1 aromatic heterocycles. The van der Waals surface area contributed by atoms with Gasteiger partial charge in [0.1, 0.15) is 0 Å². The Hall–Kier alpha value is -1.91. The van der Waals surface area contributed by atoms with Gasteiger partial charge in [-0.2, -0.15) is 0 Å². The molecule has 0 unspecified atom stereocenters. The van der Waals surface area contributed by atoms with E-state index in [0.717, 1.165) is 35.5 Å². The van der Waals surface area contributed by atoms with Crippen LogP contribution in [0.4, 0.5) is 4.79 Å². The van der Waals surface area contributed by atoms with E-state index in [1.54, 1.807) is 16.7 Å². The van der Waals surface area contributed by atoms with Gasteiger partial charge in [-0.25, -0.2) is 9.78 Å². The minimum absolute atomic E-state index is 0.0278. The van der Waals surface area contributed by atoms with Gasteiger partial charge in [0.2, 0.25) is 5.91 Å². The smallest absolute Gasteiger partial charge is 0.321 e. The summed E-state index contributed by atoms with van der Waals surface area (Å²) in [7, 11) is 1.52. The number of carbonyl (C=O) groups excluding carboxylic acids is 2. The van der Waals surface area contributed by atoms with Gasteiger partial charge in [0.15, 0.2) is 5.16 Å². The Bertz CT molecular complexity index is 919. The Morgan fingerprint density at radius 2 is 2.10 bits per heavy atom. The maximum absolute atomic E-state index is 13.0. The first kappa shape index (κ1) is 23.4. The molecule has 2 rings (SSSR count). The second-order valence-corrected chi connectivity index (χ2v) is 8.16. The van der Waals surface area contributed by atoms with Gasteiger partial charge in [-0.3, -0.25) is 19.5 Å². The minimum Gasteiger partial charge on any atom is -0.383 e. The summed E-state index contributed by atoms with van der Waals surface area (Å²) < 4.78 is 7.26. The molecule has 0 fully saturated rings. The number of ether oxygens (including phenoxy) is 1. The minimum atomic E-state index is -0.579. The molecule has 0 radical (unpaired) electrons. The van der Waals surface area contributed by atoms with Crippen LogP contribution in [0.1, 0.15) is 26.2 Å². The van der Waals surface area contributed by atoms with E-state index in [9.17, 15) is 14.4 Å². The molecule has 1 heterocycles.